The zero-order chi connectivity index (χ0) is 39.3. The van der Waals surface area contributed by atoms with Crippen LogP contribution < -0.4 is 0 Å². The van der Waals surface area contributed by atoms with Crippen molar-refractivity contribution in [2.75, 3.05) is 0 Å². The molecule has 11 aromatic carbocycles. The van der Waals surface area contributed by atoms with E-state index >= 15 is 0 Å². The summed E-state index contributed by atoms with van der Waals surface area (Å²) in [5.74, 6) is 0. The van der Waals surface area contributed by atoms with Crippen molar-refractivity contribution in [3.05, 3.63) is 206 Å². The highest BCUT2D eigenvalue weighted by Crippen LogP contribution is 2.50. The highest BCUT2D eigenvalue weighted by molar-refractivity contribution is 7.26. The quantitative estimate of drug-likeness (QED) is 0.162. The Balaban J connectivity index is 1.04. The largest absolute Gasteiger partial charge is 0.456 e. The zero-order valence-corrected chi connectivity index (χ0v) is 33.3. The van der Waals surface area contributed by atoms with Gasteiger partial charge in [0, 0.05) is 36.5 Å². The van der Waals surface area contributed by atoms with Crippen LogP contribution in [0.2, 0.25) is 0 Å². The van der Waals surface area contributed by atoms with E-state index in [9.17, 15) is 0 Å². The Kier molecular flexibility index (Phi) is 7.24. The third kappa shape index (κ3) is 4.86. The first-order chi connectivity index (χ1) is 29.8. The number of para-hydroxylation sites is 1. The van der Waals surface area contributed by atoms with Crippen LogP contribution in [0.5, 0.6) is 0 Å². The first-order valence-electron chi connectivity index (χ1n) is 20.6. The molecule has 0 spiro atoms. The molecule has 0 fully saturated rings. The zero-order valence-electron chi connectivity index (χ0n) is 32.4. The fourth-order valence-electron chi connectivity index (χ4n) is 10.1. The van der Waals surface area contributed by atoms with Crippen LogP contribution in [0.4, 0.5) is 0 Å². The van der Waals surface area contributed by atoms with Crippen molar-refractivity contribution in [3.8, 4) is 44.5 Å². The second-order valence-corrected chi connectivity index (χ2v) is 16.9. The Morgan fingerprint density at radius 2 is 0.717 bits per heavy atom. The van der Waals surface area contributed by atoms with E-state index in [1.54, 1.807) is 0 Å². The third-order valence-electron chi connectivity index (χ3n) is 12.6. The Hall–Kier alpha value is -7.52. The molecule has 1 nitrogen and oxygen atoms in total. The van der Waals surface area contributed by atoms with Crippen LogP contribution in [0.25, 0.3) is 130 Å². The number of thiophene rings is 1. The Labute approximate surface area is 350 Å². The van der Waals surface area contributed by atoms with Gasteiger partial charge < -0.3 is 4.42 Å². The van der Waals surface area contributed by atoms with Gasteiger partial charge in [-0.15, -0.1) is 11.3 Å². The molecule has 0 amide bonds. The monoisotopic (exact) mass is 778 g/mol. The molecule has 2 heterocycles. The lowest BCUT2D eigenvalue weighted by molar-refractivity contribution is 0.669. The van der Waals surface area contributed by atoms with Crippen LogP contribution in [0, 0.1) is 0 Å². The van der Waals surface area contributed by atoms with Crippen molar-refractivity contribution in [1.29, 1.82) is 0 Å². The minimum absolute atomic E-state index is 0.913. The summed E-state index contributed by atoms with van der Waals surface area (Å²) in [4.78, 5) is 0. The fraction of sp³-hybridized carbons (Fsp3) is 0. The van der Waals surface area contributed by atoms with Crippen molar-refractivity contribution in [1.82, 2.24) is 0 Å². The van der Waals surface area contributed by atoms with Gasteiger partial charge in [0.1, 0.15) is 11.2 Å². The summed E-state index contributed by atoms with van der Waals surface area (Å²) in [7, 11) is 0. The molecular formula is C58H34OS. The minimum Gasteiger partial charge on any atom is -0.456 e. The molecule has 13 rings (SSSR count). The summed E-state index contributed by atoms with van der Waals surface area (Å²) in [6.07, 6.45) is 0. The smallest absolute Gasteiger partial charge is 0.135 e. The van der Waals surface area contributed by atoms with Crippen LogP contribution in [-0.4, -0.2) is 0 Å². The number of hydrogen-bond acceptors (Lipinski definition) is 2. The van der Waals surface area contributed by atoms with E-state index in [0.29, 0.717) is 0 Å². The molecule has 13 aromatic rings. The van der Waals surface area contributed by atoms with E-state index in [1.807, 2.05) is 17.4 Å². The van der Waals surface area contributed by atoms with Crippen molar-refractivity contribution < 1.29 is 4.42 Å². The van der Waals surface area contributed by atoms with Gasteiger partial charge in [-0.3, -0.25) is 0 Å². The third-order valence-corrected chi connectivity index (χ3v) is 13.8. The molecule has 0 bridgehead atoms. The van der Waals surface area contributed by atoms with Crippen LogP contribution in [0.3, 0.4) is 0 Å². The standard InChI is InChI=1S/C58H34OS/c1-2-15-35(16-3-1)54-44-22-8-10-24-46(44)57(47-25-11-9-23-45(47)54)49-27-14-26-48-39-31-29-37(34-53(39)60-58(48)49)56-42-20-6-4-18-40(42)55(41-19-5-7-21-43(41)56)36-30-32-52-50(33-36)38-17-12-13-28-51(38)59-52/h1-34H. The number of rotatable bonds is 4. The van der Waals surface area contributed by atoms with E-state index in [2.05, 4.69) is 200 Å². The fourth-order valence-corrected chi connectivity index (χ4v) is 11.4. The van der Waals surface area contributed by atoms with Gasteiger partial charge in [0.2, 0.25) is 0 Å². The lowest BCUT2D eigenvalue weighted by Crippen LogP contribution is -1.90. The molecule has 0 aliphatic carbocycles. The summed E-state index contributed by atoms with van der Waals surface area (Å²) in [6.45, 7) is 0. The molecule has 0 unspecified atom stereocenters. The van der Waals surface area contributed by atoms with Crippen LogP contribution in [-0.2, 0) is 0 Å². The van der Waals surface area contributed by atoms with Gasteiger partial charge in [-0.2, -0.15) is 0 Å². The van der Waals surface area contributed by atoms with Crippen molar-refractivity contribution in [2.45, 2.75) is 0 Å². The Morgan fingerprint density at radius 1 is 0.267 bits per heavy atom. The summed E-state index contributed by atoms with van der Waals surface area (Å²) < 4.78 is 8.85. The molecule has 2 aromatic heterocycles. The van der Waals surface area contributed by atoms with E-state index in [0.717, 1.165) is 21.9 Å². The Bertz CT molecular complexity index is 3770. The maximum absolute atomic E-state index is 6.24. The predicted octanol–water partition coefficient (Wildman–Crippen LogP) is 17.2. The Morgan fingerprint density at radius 3 is 1.32 bits per heavy atom. The van der Waals surface area contributed by atoms with Gasteiger partial charge in [-0.1, -0.05) is 182 Å². The van der Waals surface area contributed by atoms with E-state index in [1.165, 1.54) is 108 Å². The minimum atomic E-state index is 0.913. The first-order valence-corrected chi connectivity index (χ1v) is 21.4. The van der Waals surface area contributed by atoms with Crippen LogP contribution in [0.15, 0.2) is 211 Å². The molecule has 2 heteroatoms. The topological polar surface area (TPSA) is 13.1 Å². The van der Waals surface area contributed by atoms with Gasteiger partial charge in [-0.05, 0) is 106 Å². The highest BCUT2D eigenvalue weighted by atomic mass is 32.1. The van der Waals surface area contributed by atoms with E-state index in [-0.39, 0.29) is 0 Å². The molecule has 0 aliphatic heterocycles. The molecule has 0 saturated heterocycles. The van der Waals surface area contributed by atoms with E-state index in [4.69, 9.17) is 4.42 Å². The van der Waals surface area contributed by atoms with Crippen LogP contribution >= 0.6 is 11.3 Å². The second-order valence-electron chi connectivity index (χ2n) is 15.9. The highest BCUT2D eigenvalue weighted by Gasteiger charge is 2.21. The van der Waals surface area contributed by atoms with Gasteiger partial charge in [0.25, 0.3) is 0 Å². The molecule has 0 N–H and O–H groups in total. The van der Waals surface area contributed by atoms with Crippen LogP contribution in [0.1, 0.15) is 0 Å². The van der Waals surface area contributed by atoms with Crippen molar-refractivity contribution in [3.63, 3.8) is 0 Å². The van der Waals surface area contributed by atoms with E-state index < -0.39 is 0 Å². The normalized spacial score (nSPS) is 12.0. The maximum atomic E-state index is 6.24. The maximum Gasteiger partial charge on any atom is 0.135 e. The number of hydrogen-bond donors (Lipinski definition) is 0. The lowest BCUT2D eigenvalue weighted by Gasteiger charge is -2.18. The number of benzene rings is 11. The molecule has 0 radical (unpaired) electrons. The molecule has 0 saturated carbocycles. The molecule has 0 aliphatic rings. The van der Waals surface area contributed by atoms with Gasteiger partial charge in [0.15, 0.2) is 0 Å². The van der Waals surface area contributed by atoms with Gasteiger partial charge in [-0.25, -0.2) is 0 Å². The van der Waals surface area contributed by atoms with Gasteiger partial charge >= 0.3 is 0 Å². The summed E-state index contributed by atoms with van der Waals surface area (Å²) in [5.41, 5.74) is 11.9. The summed E-state index contributed by atoms with van der Waals surface area (Å²) in [5, 5.41) is 15.0. The number of furan rings is 1. The predicted molar refractivity (Wildman–Crippen MR) is 258 cm³/mol. The average molecular weight is 779 g/mol. The average Bonchev–Trinajstić information content (AvgIpc) is 3.88. The van der Waals surface area contributed by atoms with Crippen molar-refractivity contribution in [2.24, 2.45) is 0 Å². The summed E-state index contributed by atoms with van der Waals surface area (Å²) >= 11 is 1.91. The SMILES string of the molecule is c1ccc(-c2c3ccccc3c(-c3cccc4c3sc3cc(-c5c6ccccc6c(-c6ccc7oc8ccccc8c7c6)c6ccccc56)ccc34)c3ccccc23)cc1. The number of fused-ring (bicyclic) bond motifs is 10. The molecule has 0 atom stereocenters. The van der Waals surface area contributed by atoms with Gasteiger partial charge in [0.05, 0.1) is 0 Å². The molecule has 60 heavy (non-hydrogen) atoms. The molecular weight excluding hydrogens is 745 g/mol. The lowest BCUT2D eigenvalue weighted by atomic mass is 9.85. The summed E-state index contributed by atoms with van der Waals surface area (Å²) in [6, 6.07) is 75.7. The second kappa shape index (κ2) is 13.0. The van der Waals surface area contributed by atoms with Crippen molar-refractivity contribution >= 4 is 96.5 Å². The first kappa shape index (κ1) is 33.5. The molecule has 278 valence electrons.